The van der Waals surface area contributed by atoms with Gasteiger partial charge in [0.2, 0.25) is 0 Å². The number of hydrogen-bond acceptors (Lipinski definition) is 3. The number of thiophene rings is 1. The third-order valence-electron chi connectivity index (χ3n) is 2.65. The Labute approximate surface area is 150 Å². The van der Waals surface area contributed by atoms with Crippen molar-refractivity contribution in [3.63, 3.8) is 0 Å². The smallest absolute Gasteiger partial charge is 0.206 e. The fourth-order valence-electron chi connectivity index (χ4n) is 1.67. The summed E-state index contributed by atoms with van der Waals surface area (Å²) in [6.07, 6.45) is 0. The van der Waals surface area contributed by atoms with Crippen LogP contribution in [0.15, 0.2) is 32.3 Å². The van der Waals surface area contributed by atoms with E-state index >= 15 is 0 Å². The summed E-state index contributed by atoms with van der Waals surface area (Å²) in [6, 6.07) is 5.82. The maximum atomic E-state index is 12.3. The van der Waals surface area contributed by atoms with Gasteiger partial charge in [-0.3, -0.25) is 0 Å². The predicted octanol–water partition coefficient (Wildman–Crippen LogP) is 5.51. The lowest BCUT2D eigenvalue weighted by molar-refractivity contribution is 0.569. The SMILES string of the molecule is CC(NS(=O)(=O)c1cc(Cl)c(Br)s1)c1ccc(Cl)cc1Cl. The number of halogens is 4. The van der Waals surface area contributed by atoms with Gasteiger partial charge in [-0.15, -0.1) is 11.3 Å². The van der Waals surface area contributed by atoms with E-state index < -0.39 is 16.1 Å². The van der Waals surface area contributed by atoms with Crippen LogP contribution < -0.4 is 4.72 Å². The molecule has 1 aromatic carbocycles. The summed E-state index contributed by atoms with van der Waals surface area (Å²) in [5.41, 5.74) is 0.645. The van der Waals surface area contributed by atoms with Gasteiger partial charge in [0.25, 0.3) is 10.0 Å². The summed E-state index contributed by atoms with van der Waals surface area (Å²) in [5, 5.41) is 1.26. The van der Waals surface area contributed by atoms with Crippen molar-refractivity contribution in [3.8, 4) is 0 Å². The van der Waals surface area contributed by atoms with Gasteiger partial charge in [-0.05, 0) is 46.6 Å². The van der Waals surface area contributed by atoms with Crippen LogP contribution in [0.1, 0.15) is 18.5 Å². The first-order valence-corrected chi connectivity index (χ1v) is 9.85. The van der Waals surface area contributed by atoms with Crippen LogP contribution >= 0.6 is 62.1 Å². The zero-order chi connectivity index (χ0) is 15.8. The van der Waals surface area contributed by atoms with Crippen molar-refractivity contribution in [3.05, 3.63) is 48.7 Å². The zero-order valence-corrected chi connectivity index (χ0v) is 16.0. The van der Waals surface area contributed by atoms with E-state index in [0.717, 1.165) is 11.3 Å². The highest BCUT2D eigenvalue weighted by molar-refractivity contribution is 9.11. The largest absolute Gasteiger partial charge is 0.250 e. The Hall–Kier alpha value is 0.180. The van der Waals surface area contributed by atoms with Crippen LogP contribution in [0.25, 0.3) is 0 Å². The molecule has 114 valence electrons. The van der Waals surface area contributed by atoms with Crippen LogP contribution in [0.4, 0.5) is 0 Å². The van der Waals surface area contributed by atoms with Gasteiger partial charge in [-0.2, -0.15) is 0 Å². The van der Waals surface area contributed by atoms with Gasteiger partial charge in [0, 0.05) is 16.1 Å². The third kappa shape index (κ3) is 4.13. The number of benzene rings is 1. The maximum absolute atomic E-state index is 12.3. The van der Waals surface area contributed by atoms with Gasteiger partial charge in [-0.1, -0.05) is 40.9 Å². The molecule has 0 bridgehead atoms. The zero-order valence-electron chi connectivity index (χ0n) is 10.5. The molecule has 1 atom stereocenters. The molecule has 2 rings (SSSR count). The van der Waals surface area contributed by atoms with Crippen molar-refractivity contribution in [2.24, 2.45) is 0 Å². The quantitative estimate of drug-likeness (QED) is 0.669. The van der Waals surface area contributed by atoms with Crippen molar-refractivity contribution in [1.82, 2.24) is 4.72 Å². The highest BCUT2D eigenvalue weighted by Crippen LogP contribution is 2.35. The van der Waals surface area contributed by atoms with Gasteiger partial charge in [0.15, 0.2) is 0 Å². The second-order valence-corrected chi connectivity index (χ2v) is 9.76. The number of hydrogen-bond donors (Lipinski definition) is 1. The second-order valence-electron chi connectivity index (χ2n) is 4.20. The minimum absolute atomic E-state index is 0.135. The monoisotopic (exact) mass is 447 g/mol. The van der Waals surface area contributed by atoms with E-state index in [0.29, 0.717) is 24.4 Å². The Bertz CT molecular complexity index is 757. The van der Waals surface area contributed by atoms with Gasteiger partial charge in [0.1, 0.15) is 4.21 Å². The van der Waals surface area contributed by atoms with Crippen molar-refractivity contribution >= 4 is 72.1 Å². The molecule has 21 heavy (non-hydrogen) atoms. The molecule has 1 unspecified atom stereocenters. The van der Waals surface area contributed by atoms with Crippen molar-refractivity contribution in [2.45, 2.75) is 17.2 Å². The summed E-state index contributed by atoms with van der Waals surface area (Å²) in [6.45, 7) is 1.71. The fraction of sp³-hybridized carbons (Fsp3) is 0.167. The minimum atomic E-state index is -3.67. The summed E-state index contributed by atoms with van der Waals surface area (Å²) in [5.74, 6) is 0. The Morgan fingerprint density at radius 1 is 1.19 bits per heavy atom. The van der Waals surface area contributed by atoms with Gasteiger partial charge < -0.3 is 0 Å². The molecule has 0 saturated heterocycles. The van der Waals surface area contributed by atoms with Crippen LogP contribution in [-0.4, -0.2) is 8.42 Å². The second kappa shape index (κ2) is 6.74. The van der Waals surface area contributed by atoms with E-state index in [1.807, 2.05) is 0 Å². The standard InChI is InChI=1S/C12H9BrCl3NO2S2/c1-6(8-3-2-7(14)4-9(8)15)17-21(18,19)11-5-10(16)12(13)20-11/h2-6,17H,1H3. The van der Waals surface area contributed by atoms with E-state index in [1.165, 1.54) is 6.07 Å². The summed E-state index contributed by atoms with van der Waals surface area (Å²) in [7, 11) is -3.67. The predicted molar refractivity (Wildman–Crippen MR) is 92.2 cm³/mol. The lowest BCUT2D eigenvalue weighted by atomic mass is 10.1. The topological polar surface area (TPSA) is 46.2 Å². The molecule has 1 aromatic heterocycles. The molecule has 0 aliphatic carbocycles. The molecule has 0 aliphatic rings. The van der Waals surface area contributed by atoms with E-state index in [-0.39, 0.29) is 4.21 Å². The van der Waals surface area contributed by atoms with Crippen LogP contribution in [0.5, 0.6) is 0 Å². The highest BCUT2D eigenvalue weighted by atomic mass is 79.9. The average Bonchev–Trinajstić information content (AvgIpc) is 2.69. The number of rotatable bonds is 4. The van der Waals surface area contributed by atoms with E-state index in [9.17, 15) is 8.42 Å². The van der Waals surface area contributed by atoms with Gasteiger partial charge in [0.05, 0.1) is 8.81 Å². The van der Waals surface area contributed by atoms with Crippen LogP contribution in [-0.2, 0) is 10.0 Å². The summed E-state index contributed by atoms with van der Waals surface area (Å²) >= 11 is 22.0. The first-order valence-electron chi connectivity index (χ1n) is 5.63. The number of nitrogens with one attached hydrogen (secondary N) is 1. The molecule has 0 spiro atoms. The average molecular weight is 450 g/mol. The Kier molecular flexibility index (Phi) is 5.63. The first kappa shape index (κ1) is 17.5. The lowest BCUT2D eigenvalue weighted by Gasteiger charge is -2.15. The van der Waals surface area contributed by atoms with Crippen LogP contribution in [0.2, 0.25) is 15.1 Å². The first-order chi connectivity index (χ1) is 9.70. The van der Waals surface area contributed by atoms with Crippen LogP contribution in [0.3, 0.4) is 0 Å². The van der Waals surface area contributed by atoms with E-state index in [2.05, 4.69) is 20.7 Å². The molecule has 2 aromatic rings. The summed E-state index contributed by atoms with van der Waals surface area (Å²) < 4.78 is 27.9. The van der Waals surface area contributed by atoms with Crippen LogP contribution in [0, 0.1) is 0 Å². The molecule has 1 N–H and O–H groups in total. The Morgan fingerprint density at radius 2 is 1.86 bits per heavy atom. The van der Waals surface area contributed by atoms with Gasteiger partial charge in [-0.25, -0.2) is 13.1 Å². The molecular formula is C12H9BrCl3NO2S2. The molecule has 9 heteroatoms. The minimum Gasteiger partial charge on any atom is -0.206 e. The molecule has 0 radical (unpaired) electrons. The van der Waals surface area contributed by atoms with E-state index in [4.69, 9.17) is 34.8 Å². The Morgan fingerprint density at radius 3 is 2.38 bits per heavy atom. The lowest BCUT2D eigenvalue weighted by Crippen LogP contribution is -2.26. The molecular weight excluding hydrogens is 441 g/mol. The number of sulfonamides is 1. The van der Waals surface area contributed by atoms with Gasteiger partial charge >= 0.3 is 0 Å². The molecule has 0 saturated carbocycles. The van der Waals surface area contributed by atoms with Crippen molar-refractivity contribution < 1.29 is 8.42 Å². The molecule has 0 fully saturated rings. The maximum Gasteiger partial charge on any atom is 0.250 e. The summed E-state index contributed by atoms with van der Waals surface area (Å²) in [4.78, 5) is 0. The normalized spacial score (nSPS) is 13.4. The van der Waals surface area contributed by atoms with Crippen molar-refractivity contribution in [1.29, 1.82) is 0 Å². The molecule has 1 heterocycles. The highest BCUT2D eigenvalue weighted by Gasteiger charge is 2.23. The fourth-order valence-corrected chi connectivity index (χ4v) is 5.88. The third-order valence-corrected chi connectivity index (χ3v) is 7.70. The molecule has 3 nitrogen and oxygen atoms in total. The molecule has 0 amide bonds. The van der Waals surface area contributed by atoms with Crippen molar-refractivity contribution in [2.75, 3.05) is 0 Å². The van der Waals surface area contributed by atoms with E-state index in [1.54, 1.807) is 25.1 Å². The Balaban J connectivity index is 2.27. The molecule has 0 aliphatic heterocycles.